The zero-order valence-electron chi connectivity index (χ0n) is 12.8. The summed E-state index contributed by atoms with van der Waals surface area (Å²) < 4.78 is 15.3. The highest BCUT2D eigenvalue weighted by Crippen LogP contribution is 2.20. The molecular weight excluding hydrogens is 291 g/mol. The first kappa shape index (κ1) is 15.2. The summed E-state index contributed by atoms with van der Waals surface area (Å²) in [7, 11) is 0. The van der Waals surface area contributed by atoms with Gasteiger partial charge in [-0.15, -0.1) is 0 Å². The van der Waals surface area contributed by atoms with E-state index in [1.165, 1.54) is 16.8 Å². The number of hydrogen-bond donors (Lipinski definition) is 0. The van der Waals surface area contributed by atoms with Crippen molar-refractivity contribution >= 4 is 0 Å². The van der Waals surface area contributed by atoms with Crippen LogP contribution in [0.15, 0.2) is 71.5 Å². The van der Waals surface area contributed by atoms with Crippen molar-refractivity contribution in [2.75, 3.05) is 0 Å². The fourth-order valence-electron chi connectivity index (χ4n) is 2.54. The van der Waals surface area contributed by atoms with Gasteiger partial charge in [0, 0.05) is 17.5 Å². The first-order valence-electron chi connectivity index (χ1n) is 7.53. The second kappa shape index (κ2) is 6.57. The van der Waals surface area contributed by atoms with Gasteiger partial charge >= 0.3 is 0 Å². The molecule has 3 aromatic rings. The molecular formula is C19H17FN2O. The van der Waals surface area contributed by atoms with Gasteiger partial charge in [0.15, 0.2) is 0 Å². The molecule has 4 heteroatoms. The average Bonchev–Trinajstić information content (AvgIpc) is 2.58. The Morgan fingerprint density at radius 2 is 1.70 bits per heavy atom. The normalized spacial score (nSPS) is 12.1. The van der Waals surface area contributed by atoms with Crippen LogP contribution >= 0.6 is 0 Å². The van der Waals surface area contributed by atoms with Crippen molar-refractivity contribution in [2.24, 2.45) is 0 Å². The summed E-state index contributed by atoms with van der Waals surface area (Å²) in [5.74, 6) is -0.210. The van der Waals surface area contributed by atoms with E-state index >= 15 is 0 Å². The van der Waals surface area contributed by atoms with E-state index in [0.29, 0.717) is 17.8 Å². The Bertz CT molecular complexity index is 858. The summed E-state index contributed by atoms with van der Waals surface area (Å²) >= 11 is 0. The molecule has 1 atom stereocenters. The molecule has 3 rings (SSSR count). The van der Waals surface area contributed by atoms with Crippen molar-refractivity contribution in [3.8, 4) is 11.3 Å². The van der Waals surface area contributed by atoms with Crippen LogP contribution in [0.3, 0.4) is 0 Å². The topological polar surface area (TPSA) is 34.9 Å². The molecule has 0 aliphatic rings. The maximum atomic E-state index is 13.9. The molecule has 1 aromatic heterocycles. The van der Waals surface area contributed by atoms with Crippen LogP contribution in [0.4, 0.5) is 4.39 Å². The largest absolute Gasteiger partial charge is 0.268 e. The summed E-state index contributed by atoms with van der Waals surface area (Å²) in [4.78, 5) is 12.1. The number of rotatable bonds is 4. The molecule has 0 bridgehead atoms. The third kappa shape index (κ3) is 3.37. The number of benzene rings is 2. The van der Waals surface area contributed by atoms with Gasteiger partial charge in [-0.05, 0) is 23.8 Å². The summed E-state index contributed by atoms with van der Waals surface area (Å²) in [5.41, 5.74) is 1.81. The lowest BCUT2D eigenvalue weighted by Gasteiger charge is -2.14. The third-order valence-electron chi connectivity index (χ3n) is 3.83. The van der Waals surface area contributed by atoms with Crippen molar-refractivity contribution in [2.45, 2.75) is 19.4 Å². The van der Waals surface area contributed by atoms with Gasteiger partial charge in [-0.1, -0.05) is 49.4 Å². The summed E-state index contributed by atoms with van der Waals surface area (Å²) in [6.45, 7) is 2.49. The number of aromatic nitrogens is 2. The van der Waals surface area contributed by atoms with Gasteiger partial charge in [-0.25, -0.2) is 9.07 Å². The van der Waals surface area contributed by atoms with Crippen molar-refractivity contribution in [1.82, 2.24) is 9.78 Å². The van der Waals surface area contributed by atoms with Crippen LogP contribution in [-0.2, 0) is 6.54 Å². The number of halogens is 1. The van der Waals surface area contributed by atoms with E-state index in [9.17, 15) is 9.18 Å². The van der Waals surface area contributed by atoms with E-state index in [1.54, 1.807) is 24.3 Å². The van der Waals surface area contributed by atoms with Crippen molar-refractivity contribution in [1.29, 1.82) is 0 Å². The molecule has 0 N–H and O–H groups in total. The van der Waals surface area contributed by atoms with Crippen LogP contribution in [-0.4, -0.2) is 9.78 Å². The first-order chi connectivity index (χ1) is 11.1. The van der Waals surface area contributed by atoms with Gasteiger partial charge in [0.25, 0.3) is 5.56 Å². The van der Waals surface area contributed by atoms with Crippen molar-refractivity contribution < 1.29 is 4.39 Å². The SMILES string of the molecule is C[C@@H](Cn1nc(-c2ccccc2F)ccc1=O)c1ccccc1. The molecule has 0 saturated heterocycles. The molecule has 1 heterocycles. The van der Waals surface area contributed by atoms with Crippen LogP contribution in [0.5, 0.6) is 0 Å². The quantitative estimate of drug-likeness (QED) is 0.733. The smallest absolute Gasteiger partial charge is 0.266 e. The Balaban J connectivity index is 1.93. The van der Waals surface area contributed by atoms with Gasteiger partial charge in [-0.3, -0.25) is 4.79 Å². The second-order valence-corrected chi connectivity index (χ2v) is 5.53. The van der Waals surface area contributed by atoms with E-state index in [-0.39, 0.29) is 17.3 Å². The molecule has 0 radical (unpaired) electrons. The Morgan fingerprint density at radius 3 is 2.43 bits per heavy atom. The van der Waals surface area contributed by atoms with Crippen molar-refractivity contribution in [3.05, 3.63) is 88.5 Å². The highest BCUT2D eigenvalue weighted by molar-refractivity contribution is 5.58. The van der Waals surface area contributed by atoms with Gasteiger partial charge in [-0.2, -0.15) is 5.10 Å². The molecule has 2 aromatic carbocycles. The standard InChI is InChI=1S/C19H17FN2O/c1-14(15-7-3-2-4-8-15)13-22-19(23)12-11-18(21-22)16-9-5-6-10-17(16)20/h2-12,14H,13H2,1H3/t14-/m0/s1. The molecule has 0 fully saturated rings. The predicted octanol–water partition coefficient (Wildman–Crippen LogP) is 3.85. The first-order valence-corrected chi connectivity index (χ1v) is 7.53. The van der Waals surface area contributed by atoms with Gasteiger partial charge < -0.3 is 0 Å². The predicted molar refractivity (Wildman–Crippen MR) is 88.7 cm³/mol. The van der Waals surface area contributed by atoms with E-state index in [2.05, 4.69) is 5.10 Å². The number of hydrogen-bond acceptors (Lipinski definition) is 2. The van der Waals surface area contributed by atoms with E-state index in [1.807, 2.05) is 37.3 Å². The van der Waals surface area contributed by atoms with Crippen LogP contribution < -0.4 is 5.56 Å². The van der Waals surface area contributed by atoms with E-state index < -0.39 is 0 Å². The van der Waals surface area contributed by atoms with Crippen LogP contribution in [0, 0.1) is 5.82 Å². The molecule has 3 nitrogen and oxygen atoms in total. The van der Waals surface area contributed by atoms with Crippen LogP contribution in [0.25, 0.3) is 11.3 Å². The highest BCUT2D eigenvalue weighted by Gasteiger charge is 2.11. The second-order valence-electron chi connectivity index (χ2n) is 5.53. The van der Waals surface area contributed by atoms with E-state index in [0.717, 1.165) is 5.56 Å². The van der Waals surface area contributed by atoms with E-state index in [4.69, 9.17) is 0 Å². The molecule has 0 amide bonds. The fourth-order valence-corrected chi connectivity index (χ4v) is 2.54. The third-order valence-corrected chi connectivity index (χ3v) is 3.83. The molecule has 23 heavy (non-hydrogen) atoms. The minimum Gasteiger partial charge on any atom is -0.268 e. The lowest BCUT2D eigenvalue weighted by molar-refractivity contribution is 0.518. The average molecular weight is 308 g/mol. The molecule has 0 unspecified atom stereocenters. The van der Waals surface area contributed by atoms with Gasteiger partial charge in [0.2, 0.25) is 0 Å². The summed E-state index contributed by atoms with van der Waals surface area (Å²) in [6, 6.07) is 19.4. The molecule has 0 aliphatic carbocycles. The Hall–Kier alpha value is -2.75. The molecule has 0 saturated carbocycles. The summed E-state index contributed by atoms with van der Waals surface area (Å²) in [6.07, 6.45) is 0. The minimum atomic E-state index is -0.346. The minimum absolute atomic E-state index is 0.136. The Kier molecular flexibility index (Phi) is 4.33. The maximum absolute atomic E-state index is 13.9. The fraction of sp³-hybridized carbons (Fsp3) is 0.158. The zero-order chi connectivity index (χ0) is 16.2. The summed E-state index contributed by atoms with van der Waals surface area (Å²) in [5, 5.41) is 4.33. The van der Waals surface area contributed by atoms with Crippen LogP contribution in [0.2, 0.25) is 0 Å². The van der Waals surface area contributed by atoms with Crippen LogP contribution in [0.1, 0.15) is 18.4 Å². The van der Waals surface area contributed by atoms with Gasteiger partial charge in [0.05, 0.1) is 12.2 Å². The Labute approximate surface area is 134 Å². The van der Waals surface area contributed by atoms with Gasteiger partial charge in [0.1, 0.15) is 5.82 Å². The Morgan fingerprint density at radius 1 is 1.00 bits per heavy atom. The molecule has 116 valence electrons. The van der Waals surface area contributed by atoms with Crippen molar-refractivity contribution in [3.63, 3.8) is 0 Å². The lowest BCUT2D eigenvalue weighted by atomic mass is 10.0. The zero-order valence-corrected chi connectivity index (χ0v) is 12.8. The maximum Gasteiger partial charge on any atom is 0.266 e. The lowest BCUT2D eigenvalue weighted by Crippen LogP contribution is -2.24. The monoisotopic (exact) mass is 308 g/mol. The molecule has 0 spiro atoms. The highest BCUT2D eigenvalue weighted by atomic mass is 19.1. The molecule has 0 aliphatic heterocycles. The number of nitrogens with zero attached hydrogens (tertiary/aromatic N) is 2.